The molecule has 0 saturated heterocycles. The van der Waals surface area contributed by atoms with Gasteiger partial charge in [-0.15, -0.1) is 0 Å². The number of fused-ring (bicyclic) bond motifs is 1. The van der Waals surface area contributed by atoms with E-state index >= 15 is 0 Å². The highest BCUT2D eigenvalue weighted by atomic mass is 14.8. The average molecular weight is 229 g/mol. The fraction of sp³-hybridized carbons (Fsp3) is 0.429. The van der Waals surface area contributed by atoms with Crippen LogP contribution in [0.2, 0.25) is 0 Å². The molecule has 0 aliphatic heterocycles. The first-order valence-corrected chi connectivity index (χ1v) is 5.93. The van der Waals surface area contributed by atoms with E-state index in [4.69, 9.17) is 5.73 Å². The van der Waals surface area contributed by atoms with E-state index in [0.717, 1.165) is 23.1 Å². The van der Waals surface area contributed by atoms with Gasteiger partial charge in [0.1, 0.15) is 0 Å². The molecule has 0 fully saturated rings. The normalized spacial score (nSPS) is 13.9. The zero-order chi connectivity index (χ0) is 12.5. The second kappa shape index (κ2) is 4.41. The number of nitrogens with two attached hydrogens (primary N) is 1. The Labute approximate surface area is 102 Å². The van der Waals surface area contributed by atoms with Crippen LogP contribution in [0, 0.1) is 5.41 Å². The predicted molar refractivity (Wildman–Crippen MR) is 70.7 cm³/mol. The number of para-hydroxylation sites is 2. The van der Waals surface area contributed by atoms with Crippen LogP contribution in [-0.2, 0) is 6.42 Å². The summed E-state index contributed by atoms with van der Waals surface area (Å²) in [6, 6.07) is 7.99. The van der Waals surface area contributed by atoms with Gasteiger partial charge in [0.25, 0.3) is 0 Å². The quantitative estimate of drug-likeness (QED) is 0.861. The number of hydrogen-bond donors (Lipinski definition) is 1. The van der Waals surface area contributed by atoms with Crippen LogP contribution in [0.25, 0.3) is 11.0 Å². The lowest BCUT2D eigenvalue weighted by Crippen LogP contribution is -2.37. The van der Waals surface area contributed by atoms with Gasteiger partial charge in [0.05, 0.1) is 16.7 Å². The summed E-state index contributed by atoms with van der Waals surface area (Å²) < 4.78 is 0. The van der Waals surface area contributed by atoms with Crippen LogP contribution in [0.5, 0.6) is 0 Å². The van der Waals surface area contributed by atoms with E-state index in [1.54, 1.807) is 0 Å². The van der Waals surface area contributed by atoms with Gasteiger partial charge in [-0.25, -0.2) is 4.98 Å². The van der Waals surface area contributed by atoms with Crippen molar-refractivity contribution in [2.75, 3.05) is 0 Å². The lowest BCUT2D eigenvalue weighted by Gasteiger charge is -2.26. The molecule has 0 radical (unpaired) electrons. The molecule has 0 bridgehead atoms. The maximum Gasteiger partial charge on any atom is 0.0890 e. The number of aromatic nitrogens is 2. The summed E-state index contributed by atoms with van der Waals surface area (Å²) in [4.78, 5) is 8.98. The Morgan fingerprint density at radius 2 is 1.82 bits per heavy atom. The summed E-state index contributed by atoms with van der Waals surface area (Å²) >= 11 is 0. The van der Waals surface area contributed by atoms with Crippen molar-refractivity contribution < 1.29 is 0 Å². The number of rotatable bonds is 2. The van der Waals surface area contributed by atoms with Crippen LogP contribution < -0.4 is 5.73 Å². The van der Waals surface area contributed by atoms with E-state index in [0.29, 0.717) is 0 Å². The van der Waals surface area contributed by atoms with Crippen LogP contribution >= 0.6 is 0 Å². The molecule has 1 unspecified atom stereocenters. The van der Waals surface area contributed by atoms with Crippen LogP contribution in [-0.4, -0.2) is 16.0 Å². The summed E-state index contributed by atoms with van der Waals surface area (Å²) in [7, 11) is 0. The standard InChI is InChI=1S/C14H19N3/c1-14(2,3)13(15)8-10-9-16-11-6-4-5-7-12(11)17-10/h4-7,9,13H,8,15H2,1-3H3. The zero-order valence-electron chi connectivity index (χ0n) is 10.6. The van der Waals surface area contributed by atoms with Crippen molar-refractivity contribution in [2.24, 2.45) is 11.1 Å². The fourth-order valence-electron chi connectivity index (χ4n) is 1.63. The molecule has 17 heavy (non-hydrogen) atoms. The molecule has 0 aliphatic rings. The Bertz CT molecular complexity index is 514. The minimum Gasteiger partial charge on any atom is -0.327 e. The van der Waals surface area contributed by atoms with E-state index < -0.39 is 0 Å². The Hall–Kier alpha value is -1.48. The van der Waals surface area contributed by atoms with Crippen molar-refractivity contribution in [2.45, 2.75) is 33.2 Å². The minimum atomic E-state index is 0.0906. The van der Waals surface area contributed by atoms with Gasteiger partial charge in [0.2, 0.25) is 0 Å². The summed E-state index contributed by atoms with van der Waals surface area (Å²) in [6.07, 6.45) is 2.59. The lowest BCUT2D eigenvalue weighted by atomic mass is 9.85. The molecule has 2 aromatic rings. The molecule has 90 valence electrons. The smallest absolute Gasteiger partial charge is 0.0890 e. The Morgan fingerprint density at radius 3 is 2.47 bits per heavy atom. The first-order valence-electron chi connectivity index (χ1n) is 5.93. The summed E-state index contributed by atoms with van der Waals surface area (Å²) in [5.41, 5.74) is 9.08. The second-order valence-corrected chi connectivity index (χ2v) is 5.53. The topological polar surface area (TPSA) is 51.8 Å². The summed E-state index contributed by atoms with van der Waals surface area (Å²) in [5.74, 6) is 0. The first kappa shape index (κ1) is 12.0. The van der Waals surface area contributed by atoms with Gasteiger partial charge in [-0.2, -0.15) is 0 Å². The molecule has 3 heteroatoms. The highest BCUT2D eigenvalue weighted by Gasteiger charge is 2.21. The maximum atomic E-state index is 6.16. The van der Waals surface area contributed by atoms with E-state index in [9.17, 15) is 0 Å². The van der Waals surface area contributed by atoms with Crippen molar-refractivity contribution in [3.8, 4) is 0 Å². The summed E-state index contributed by atoms with van der Waals surface area (Å²) in [5, 5.41) is 0. The van der Waals surface area contributed by atoms with Crippen LogP contribution in [0.1, 0.15) is 26.5 Å². The maximum absolute atomic E-state index is 6.16. The van der Waals surface area contributed by atoms with Gasteiger partial charge < -0.3 is 5.73 Å². The van der Waals surface area contributed by atoms with Crippen molar-refractivity contribution in [1.82, 2.24) is 9.97 Å². The van der Waals surface area contributed by atoms with Gasteiger partial charge in [-0.05, 0) is 17.5 Å². The Balaban J connectivity index is 2.25. The molecule has 3 nitrogen and oxygen atoms in total. The first-order chi connectivity index (χ1) is 7.97. The molecule has 2 rings (SSSR count). The van der Waals surface area contributed by atoms with Crippen molar-refractivity contribution in [3.63, 3.8) is 0 Å². The fourth-order valence-corrected chi connectivity index (χ4v) is 1.63. The van der Waals surface area contributed by atoms with Gasteiger partial charge in [-0.1, -0.05) is 32.9 Å². The molecule has 1 heterocycles. The molecule has 2 N–H and O–H groups in total. The monoisotopic (exact) mass is 229 g/mol. The molecule has 0 amide bonds. The van der Waals surface area contributed by atoms with Crippen molar-refractivity contribution in [1.29, 1.82) is 0 Å². The van der Waals surface area contributed by atoms with Crippen LogP contribution in [0.3, 0.4) is 0 Å². The Kier molecular flexibility index (Phi) is 3.11. The third-order valence-corrected chi connectivity index (χ3v) is 3.04. The van der Waals surface area contributed by atoms with Crippen LogP contribution in [0.4, 0.5) is 0 Å². The molecule has 1 aromatic heterocycles. The molecule has 1 atom stereocenters. The molecular formula is C14H19N3. The highest BCUT2D eigenvalue weighted by molar-refractivity contribution is 5.73. The third kappa shape index (κ3) is 2.80. The second-order valence-electron chi connectivity index (χ2n) is 5.53. The van der Waals surface area contributed by atoms with Gasteiger partial charge in [-0.3, -0.25) is 4.98 Å². The van der Waals surface area contributed by atoms with E-state index in [-0.39, 0.29) is 11.5 Å². The SMILES string of the molecule is CC(C)(C)C(N)Cc1cnc2ccccc2n1. The lowest BCUT2D eigenvalue weighted by molar-refractivity contribution is 0.317. The minimum absolute atomic E-state index is 0.0906. The molecule has 0 saturated carbocycles. The van der Waals surface area contributed by atoms with E-state index in [1.165, 1.54) is 0 Å². The number of benzene rings is 1. The largest absolute Gasteiger partial charge is 0.327 e. The van der Waals surface area contributed by atoms with E-state index in [2.05, 4.69) is 30.7 Å². The van der Waals surface area contributed by atoms with E-state index in [1.807, 2.05) is 30.5 Å². The van der Waals surface area contributed by atoms with Crippen molar-refractivity contribution >= 4 is 11.0 Å². The number of hydrogen-bond acceptors (Lipinski definition) is 3. The molecule has 0 spiro atoms. The van der Waals surface area contributed by atoms with Gasteiger partial charge in [0, 0.05) is 18.7 Å². The average Bonchev–Trinajstić information content (AvgIpc) is 2.27. The van der Waals surface area contributed by atoms with Crippen LogP contribution in [0.15, 0.2) is 30.5 Å². The molecular weight excluding hydrogens is 210 g/mol. The number of nitrogens with zero attached hydrogens (tertiary/aromatic N) is 2. The van der Waals surface area contributed by atoms with Gasteiger partial charge in [0.15, 0.2) is 0 Å². The Morgan fingerprint density at radius 1 is 1.18 bits per heavy atom. The third-order valence-electron chi connectivity index (χ3n) is 3.04. The summed E-state index contributed by atoms with van der Waals surface area (Å²) in [6.45, 7) is 6.43. The zero-order valence-corrected chi connectivity index (χ0v) is 10.6. The van der Waals surface area contributed by atoms with Crippen molar-refractivity contribution in [3.05, 3.63) is 36.2 Å². The molecule has 1 aromatic carbocycles. The van der Waals surface area contributed by atoms with Gasteiger partial charge >= 0.3 is 0 Å². The highest BCUT2D eigenvalue weighted by Crippen LogP contribution is 2.20. The molecule has 0 aliphatic carbocycles. The predicted octanol–water partition coefficient (Wildman–Crippen LogP) is 2.55.